The zero-order valence-electron chi connectivity index (χ0n) is 11.0. The van der Waals surface area contributed by atoms with Crippen LogP contribution in [0.5, 0.6) is 0 Å². The Morgan fingerprint density at radius 1 is 1.33 bits per heavy atom. The number of esters is 1. The molecule has 0 saturated heterocycles. The van der Waals surface area contributed by atoms with Gasteiger partial charge < -0.3 is 4.74 Å². The standard InChI is InChI=1S/C14H10ClN3O3/c1-8(19)21-13-12(20)10-7-9(15)3-4-11(10)18(13)14-16-5-2-6-17-14/h2-7,13H,1H3. The minimum atomic E-state index is -1.11. The Labute approximate surface area is 125 Å². The fourth-order valence-corrected chi connectivity index (χ4v) is 2.36. The summed E-state index contributed by atoms with van der Waals surface area (Å²) in [5.41, 5.74) is 0.933. The van der Waals surface area contributed by atoms with Gasteiger partial charge in [-0.3, -0.25) is 14.5 Å². The van der Waals surface area contributed by atoms with Crippen molar-refractivity contribution in [1.82, 2.24) is 9.97 Å². The largest absolute Gasteiger partial charge is 0.433 e. The zero-order chi connectivity index (χ0) is 15.0. The SMILES string of the molecule is CC(=O)OC1C(=O)c2cc(Cl)ccc2N1c1ncccn1. The van der Waals surface area contributed by atoms with E-state index in [0.29, 0.717) is 16.3 Å². The first-order valence-corrected chi connectivity index (χ1v) is 6.53. The summed E-state index contributed by atoms with van der Waals surface area (Å²) < 4.78 is 5.13. The van der Waals surface area contributed by atoms with E-state index in [4.69, 9.17) is 16.3 Å². The lowest BCUT2D eigenvalue weighted by molar-refractivity contribution is -0.143. The summed E-state index contributed by atoms with van der Waals surface area (Å²) in [6.07, 6.45) is 1.98. The Kier molecular flexibility index (Phi) is 3.31. The molecule has 7 heteroatoms. The second kappa shape index (κ2) is 5.14. The Balaban J connectivity index is 2.14. The van der Waals surface area contributed by atoms with E-state index in [1.54, 1.807) is 36.7 Å². The van der Waals surface area contributed by atoms with Crippen molar-refractivity contribution in [1.29, 1.82) is 0 Å². The first kappa shape index (κ1) is 13.5. The number of carbonyl (C=O) groups excluding carboxylic acids is 2. The van der Waals surface area contributed by atoms with Gasteiger partial charge in [0, 0.05) is 29.9 Å². The number of aromatic nitrogens is 2. The van der Waals surface area contributed by atoms with E-state index in [1.807, 2.05) is 0 Å². The van der Waals surface area contributed by atoms with E-state index < -0.39 is 12.2 Å². The minimum absolute atomic E-state index is 0.276. The van der Waals surface area contributed by atoms with Crippen LogP contribution in [0.25, 0.3) is 0 Å². The molecule has 1 atom stereocenters. The second-order valence-electron chi connectivity index (χ2n) is 4.41. The van der Waals surface area contributed by atoms with Crippen LogP contribution < -0.4 is 4.90 Å². The molecule has 106 valence electrons. The first-order chi connectivity index (χ1) is 10.1. The van der Waals surface area contributed by atoms with Gasteiger partial charge in [0.25, 0.3) is 0 Å². The predicted molar refractivity (Wildman–Crippen MR) is 75.5 cm³/mol. The normalized spacial score (nSPS) is 16.8. The third kappa shape index (κ3) is 2.34. The molecule has 2 heterocycles. The van der Waals surface area contributed by atoms with Crippen LogP contribution >= 0.6 is 11.6 Å². The van der Waals surface area contributed by atoms with E-state index in [1.165, 1.54) is 11.8 Å². The molecule has 0 saturated carbocycles. The highest BCUT2D eigenvalue weighted by molar-refractivity contribution is 6.31. The number of Topliss-reactive ketones (excluding diaryl/α,β-unsaturated/α-hetero) is 1. The molecule has 0 radical (unpaired) electrons. The highest BCUT2D eigenvalue weighted by atomic mass is 35.5. The lowest BCUT2D eigenvalue weighted by atomic mass is 10.1. The van der Waals surface area contributed by atoms with Crippen LogP contribution in [-0.2, 0) is 9.53 Å². The van der Waals surface area contributed by atoms with Crippen LogP contribution in [0.15, 0.2) is 36.7 Å². The van der Waals surface area contributed by atoms with Gasteiger partial charge in [0.2, 0.25) is 18.0 Å². The molecule has 1 aromatic carbocycles. The maximum absolute atomic E-state index is 12.4. The third-order valence-electron chi connectivity index (χ3n) is 2.99. The van der Waals surface area contributed by atoms with Gasteiger partial charge in [-0.15, -0.1) is 0 Å². The zero-order valence-corrected chi connectivity index (χ0v) is 11.7. The summed E-state index contributed by atoms with van der Waals surface area (Å²) in [5, 5.41) is 0.430. The molecular weight excluding hydrogens is 294 g/mol. The predicted octanol–water partition coefficient (Wildman–Crippen LogP) is 2.35. The number of fused-ring (bicyclic) bond motifs is 1. The average Bonchev–Trinajstić information content (AvgIpc) is 2.72. The fraction of sp³-hybridized carbons (Fsp3) is 0.143. The maximum atomic E-state index is 12.4. The maximum Gasteiger partial charge on any atom is 0.304 e. The van der Waals surface area contributed by atoms with Crippen molar-refractivity contribution in [3.8, 4) is 0 Å². The molecule has 0 spiro atoms. The molecular formula is C14H10ClN3O3. The van der Waals surface area contributed by atoms with Crippen molar-refractivity contribution in [2.24, 2.45) is 0 Å². The highest BCUT2D eigenvalue weighted by Gasteiger charge is 2.41. The smallest absolute Gasteiger partial charge is 0.304 e. The Bertz CT molecular complexity index is 721. The van der Waals surface area contributed by atoms with Crippen molar-refractivity contribution in [3.05, 3.63) is 47.2 Å². The van der Waals surface area contributed by atoms with Crippen molar-refractivity contribution >= 4 is 35.0 Å². The number of rotatable bonds is 2. The number of benzene rings is 1. The van der Waals surface area contributed by atoms with Crippen LogP contribution in [0.4, 0.5) is 11.6 Å². The minimum Gasteiger partial charge on any atom is -0.433 e. The van der Waals surface area contributed by atoms with E-state index in [9.17, 15) is 9.59 Å². The number of carbonyl (C=O) groups is 2. The van der Waals surface area contributed by atoms with Crippen molar-refractivity contribution in [2.75, 3.05) is 4.90 Å². The topological polar surface area (TPSA) is 72.4 Å². The molecule has 1 aliphatic rings. The number of anilines is 2. The van der Waals surface area contributed by atoms with Crippen molar-refractivity contribution in [2.45, 2.75) is 13.2 Å². The molecule has 1 aliphatic heterocycles. The molecule has 2 aromatic rings. The van der Waals surface area contributed by atoms with Gasteiger partial charge in [0.1, 0.15) is 0 Å². The molecule has 0 bridgehead atoms. The monoisotopic (exact) mass is 303 g/mol. The fourth-order valence-electron chi connectivity index (χ4n) is 2.18. The molecule has 6 nitrogen and oxygen atoms in total. The third-order valence-corrected chi connectivity index (χ3v) is 3.22. The van der Waals surface area contributed by atoms with Crippen LogP contribution in [0.1, 0.15) is 17.3 Å². The average molecular weight is 304 g/mol. The first-order valence-electron chi connectivity index (χ1n) is 6.15. The number of hydrogen-bond acceptors (Lipinski definition) is 6. The second-order valence-corrected chi connectivity index (χ2v) is 4.84. The van der Waals surface area contributed by atoms with Gasteiger partial charge >= 0.3 is 5.97 Å². The number of hydrogen-bond donors (Lipinski definition) is 0. The quantitative estimate of drug-likeness (QED) is 0.793. The Morgan fingerprint density at radius 2 is 2.05 bits per heavy atom. The summed E-state index contributed by atoms with van der Waals surface area (Å²) >= 11 is 5.93. The molecule has 0 amide bonds. The Hall–Kier alpha value is -2.47. The van der Waals surface area contributed by atoms with Gasteiger partial charge in [0.05, 0.1) is 5.69 Å². The van der Waals surface area contributed by atoms with Gasteiger partial charge in [-0.25, -0.2) is 9.97 Å². The number of ketones is 1. The van der Waals surface area contributed by atoms with Gasteiger partial charge in [-0.2, -0.15) is 0 Å². The van der Waals surface area contributed by atoms with Gasteiger partial charge in [-0.1, -0.05) is 11.6 Å². The van der Waals surface area contributed by atoms with E-state index >= 15 is 0 Å². The summed E-state index contributed by atoms with van der Waals surface area (Å²) in [6, 6.07) is 6.53. The van der Waals surface area contributed by atoms with Crippen molar-refractivity contribution < 1.29 is 14.3 Å². The number of halogens is 1. The van der Waals surface area contributed by atoms with Gasteiger partial charge in [-0.05, 0) is 24.3 Å². The highest BCUT2D eigenvalue weighted by Crippen LogP contribution is 2.38. The summed E-state index contributed by atoms with van der Waals surface area (Å²) in [7, 11) is 0. The molecule has 1 unspecified atom stereocenters. The molecule has 1 aromatic heterocycles. The summed E-state index contributed by atoms with van der Waals surface area (Å²) in [6.45, 7) is 1.24. The summed E-state index contributed by atoms with van der Waals surface area (Å²) in [4.78, 5) is 33.4. The molecule has 0 aliphatic carbocycles. The molecule has 0 N–H and O–H groups in total. The molecule has 21 heavy (non-hydrogen) atoms. The van der Waals surface area contributed by atoms with E-state index in [0.717, 1.165) is 0 Å². The lowest BCUT2D eigenvalue weighted by Gasteiger charge is -2.23. The molecule has 0 fully saturated rings. The number of ether oxygens (including phenoxy) is 1. The summed E-state index contributed by atoms with van der Waals surface area (Å²) in [5.74, 6) is -0.637. The van der Waals surface area contributed by atoms with Crippen LogP contribution in [-0.4, -0.2) is 27.9 Å². The van der Waals surface area contributed by atoms with Gasteiger partial charge in [0.15, 0.2) is 0 Å². The van der Waals surface area contributed by atoms with E-state index in [-0.39, 0.29) is 11.7 Å². The van der Waals surface area contributed by atoms with Crippen LogP contribution in [0.2, 0.25) is 5.02 Å². The Morgan fingerprint density at radius 3 is 2.71 bits per heavy atom. The van der Waals surface area contributed by atoms with Crippen molar-refractivity contribution in [3.63, 3.8) is 0 Å². The van der Waals surface area contributed by atoms with Crippen LogP contribution in [0.3, 0.4) is 0 Å². The van der Waals surface area contributed by atoms with E-state index in [2.05, 4.69) is 9.97 Å². The lowest BCUT2D eigenvalue weighted by Crippen LogP contribution is -2.36. The molecule has 3 rings (SSSR count). The van der Waals surface area contributed by atoms with Crippen LogP contribution in [0, 0.1) is 0 Å². The number of nitrogens with zero attached hydrogens (tertiary/aromatic N) is 3.